The van der Waals surface area contributed by atoms with E-state index in [0.717, 1.165) is 16.7 Å². The van der Waals surface area contributed by atoms with Gasteiger partial charge >= 0.3 is 0 Å². The zero-order chi connectivity index (χ0) is 20.1. The molecule has 0 bridgehead atoms. The third-order valence-corrected chi connectivity index (χ3v) is 6.72. The van der Waals surface area contributed by atoms with Crippen LogP contribution in [-0.4, -0.2) is 13.2 Å². The van der Waals surface area contributed by atoms with Crippen molar-refractivity contribution in [3.8, 4) is 5.75 Å². The van der Waals surface area contributed by atoms with E-state index in [4.69, 9.17) is 16.3 Å². The molecule has 1 N–H and O–H groups in total. The summed E-state index contributed by atoms with van der Waals surface area (Å²) < 4.78 is 5.36. The summed E-state index contributed by atoms with van der Waals surface area (Å²) in [5.41, 5.74) is 3.97. The van der Waals surface area contributed by atoms with Gasteiger partial charge in [-0.15, -0.1) is 0 Å². The number of fused-ring (bicyclic) bond motifs is 1. The van der Waals surface area contributed by atoms with Crippen molar-refractivity contribution in [2.45, 2.75) is 70.8 Å². The van der Waals surface area contributed by atoms with E-state index in [-0.39, 0.29) is 0 Å². The molecule has 1 aliphatic heterocycles. The summed E-state index contributed by atoms with van der Waals surface area (Å²) in [5, 5.41) is 4.67. The van der Waals surface area contributed by atoms with Crippen LogP contribution in [0.3, 0.4) is 0 Å². The van der Waals surface area contributed by atoms with Crippen molar-refractivity contribution in [1.82, 2.24) is 0 Å². The number of ether oxygens (including phenoxy) is 1. The lowest BCUT2D eigenvalue weighted by molar-refractivity contribution is 0.365. The molecule has 0 radical (unpaired) electrons. The highest BCUT2D eigenvalue weighted by Crippen LogP contribution is 2.38. The summed E-state index contributed by atoms with van der Waals surface area (Å²) in [6, 6.07) is 15.3. The first-order valence-electron chi connectivity index (χ1n) is 10.7. The first kappa shape index (κ1) is 21.0. The van der Waals surface area contributed by atoms with Crippen molar-refractivity contribution in [2.24, 2.45) is 5.92 Å². The van der Waals surface area contributed by atoms with Gasteiger partial charge in [-0.05, 0) is 73.1 Å². The summed E-state index contributed by atoms with van der Waals surface area (Å²) in [6.07, 6.45) is 6.25. The molecule has 0 spiro atoms. The van der Waals surface area contributed by atoms with Crippen LogP contribution in [0.1, 0.15) is 75.8 Å². The Morgan fingerprint density at radius 1 is 1.07 bits per heavy atom. The van der Waals surface area contributed by atoms with Crippen LogP contribution in [0.2, 0.25) is 5.02 Å². The van der Waals surface area contributed by atoms with Crippen LogP contribution in [0.15, 0.2) is 42.5 Å². The fourth-order valence-electron chi connectivity index (χ4n) is 4.61. The average molecular weight is 400 g/mol. The summed E-state index contributed by atoms with van der Waals surface area (Å²) in [5.74, 6) is 2.66. The number of benzene rings is 2. The molecule has 0 saturated carbocycles. The molecule has 0 aliphatic carbocycles. The molecule has 0 aromatic heterocycles. The first-order valence-corrected chi connectivity index (χ1v) is 11.1. The number of hydrogen-bond acceptors (Lipinski definition) is 2. The minimum Gasteiger partial charge on any atom is -0.497 e. The van der Waals surface area contributed by atoms with E-state index in [1.807, 2.05) is 6.07 Å². The van der Waals surface area contributed by atoms with Crippen molar-refractivity contribution in [1.29, 1.82) is 0 Å². The number of rotatable bonds is 3. The Balaban J connectivity index is 1.96. The summed E-state index contributed by atoms with van der Waals surface area (Å²) in [6.45, 7) is 7.00. The highest BCUT2D eigenvalue weighted by Gasteiger charge is 2.25. The maximum Gasteiger partial charge on any atom is 0.118 e. The van der Waals surface area contributed by atoms with Gasteiger partial charge in [-0.3, -0.25) is 0 Å². The van der Waals surface area contributed by atoms with E-state index in [9.17, 15) is 0 Å². The van der Waals surface area contributed by atoms with E-state index in [1.165, 1.54) is 48.9 Å². The lowest BCUT2D eigenvalue weighted by Gasteiger charge is -2.30. The topological polar surface area (TPSA) is 21.3 Å². The zero-order valence-corrected chi connectivity index (χ0v) is 18.4. The Morgan fingerprint density at radius 2 is 1.82 bits per heavy atom. The van der Waals surface area contributed by atoms with Crippen LogP contribution < -0.4 is 10.1 Å². The van der Waals surface area contributed by atoms with Gasteiger partial charge in [0.05, 0.1) is 7.11 Å². The van der Waals surface area contributed by atoms with E-state index < -0.39 is 0 Å². The van der Waals surface area contributed by atoms with Crippen molar-refractivity contribution in [3.05, 3.63) is 58.6 Å². The van der Waals surface area contributed by atoms with Crippen molar-refractivity contribution < 1.29 is 4.74 Å². The molecular weight excluding hydrogens is 366 g/mol. The second-order valence-corrected chi connectivity index (χ2v) is 8.82. The molecule has 0 fully saturated rings. The fourth-order valence-corrected chi connectivity index (χ4v) is 4.80. The zero-order valence-electron chi connectivity index (χ0n) is 17.7. The molecule has 0 saturated heterocycles. The number of anilines is 1. The van der Waals surface area contributed by atoms with Crippen molar-refractivity contribution >= 4 is 17.3 Å². The molecular formula is C25H34ClNO. The second-order valence-electron chi connectivity index (χ2n) is 8.39. The van der Waals surface area contributed by atoms with Gasteiger partial charge in [0, 0.05) is 22.7 Å². The normalized spacial score (nSPS) is 25.9. The van der Waals surface area contributed by atoms with Crippen LogP contribution in [0, 0.1) is 5.92 Å². The molecule has 3 rings (SSSR count). The third kappa shape index (κ3) is 5.03. The molecule has 0 unspecified atom stereocenters. The smallest absolute Gasteiger partial charge is 0.118 e. The van der Waals surface area contributed by atoms with Crippen LogP contribution >= 0.6 is 11.6 Å². The van der Waals surface area contributed by atoms with E-state index >= 15 is 0 Å². The van der Waals surface area contributed by atoms with Gasteiger partial charge < -0.3 is 10.1 Å². The van der Waals surface area contributed by atoms with Gasteiger partial charge in [0.25, 0.3) is 0 Å². The maximum absolute atomic E-state index is 6.34. The van der Waals surface area contributed by atoms with Gasteiger partial charge in [-0.2, -0.15) is 0 Å². The van der Waals surface area contributed by atoms with Crippen molar-refractivity contribution in [3.63, 3.8) is 0 Å². The first-order chi connectivity index (χ1) is 13.5. The van der Waals surface area contributed by atoms with Gasteiger partial charge in [0.2, 0.25) is 0 Å². The Bertz CT molecular complexity index is 758. The lowest BCUT2D eigenvalue weighted by atomic mass is 9.81. The highest BCUT2D eigenvalue weighted by atomic mass is 35.5. The largest absolute Gasteiger partial charge is 0.497 e. The SMILES string of the molecule is CC[C@@H]1CCC[C@@H](C)c2cc(Cl)ccc2N[C@@H](C)[C@H](c2ccc(OC)cc2)C1. The predicted octanol–water partition coefficient (Wildman–Crippen LogP) is 7.64. The minimum absolute atomic E-state index is 0.340. The van der Waals surface area contributed by atoms with Crippen LogP contribution in [0.5, 0.6) is 5.75 Å². The Hall–Kier alpha value is -1.67. The van der Waals surface area contributed by atoms with Gasteiger partial charge in [0.1, 0.15) is 5.75 Å². The van der Waals surface area contributed by atoms with E-state index in [1.54, 1.807) is 7.11 Å². The van der Waals surface area contributed by atoms with Crippen molar-refractivity contribution in [2.75, 3.05) is 12.4 Å². The standard InChI is InChI=1S/C25H34ClNO/c1-5-19-8-6-7-17(2)23-16-21(26)11-14-25(23)27-18(3)24(15-19)20-9-12-22(28-4)13-10-20/h9-14,16-19,24,27H,5-8,15H2,1-4H3/t17-,18+,19-,24-/m1/s1. The highest BCUT2D eigenvalue weighted by molar-refractivity contribution is 6.30. The molecule has 2 aromatic rings. The predicted molar refractivity (Wildman–Crippen MR) is 121 cm³/mol. The van der Waals surface area contributed by atoms with Crippen LogP contribution in [-0.2, 0) is 0 Å². The third-order valence-electron chi connectivity index (χ3n) is 6.49. The Morgan fingerprint density at radius 3 is 2.50 bits per heavy atom. The summed E-state index contributed by atoms with van der Waals surface area (Å²) in [4.78, 5) is 0. The summed E-state index contributed by atoms with van der Waals surface area (Å²) in [7, 11) is 1.72. The molecule has 0 amide bonds. The molecule has 2 aromatic carbocycles. The Labute approximate surface area is 175 Å². The fraction of sp³-hybridized carbons (Fsp3) is 0.520. The Kier molecular flexibility index (Phi) is 7.29. The molecule has 152 valence electrons. The number of hydrogen-bond donors (Lipinski definition) is 1. The monoisotopic (exact) mass is 399 g/mol. The molecule has 3 heteroatoms. The average Bonchev–Trinajstić information content (AvgIpc) is 2.73. The van der Waals surface area contributed by atoms with Crippen LogP contribution in [0.4, 0.5) is 5.69 Å². The van der Waals surface area contributed by atoms with Gasteiger partial charge in [-0.25, -0.2) is 0 Å². The number of methoxy groups -OCH3 is 1. The molecule has 1 heterocycles. The van der Waals surface area contributed by atoms with E-state index in [2.05, 4.69) is 62.5 Å². The molecule has 1 aliphatic rings. The molecule has 2 nitrogen and oxygen atoms in total. The van der Waals surface area contributed by atoms with Gasteiger partial charge in [-0.1, -0.05) is 56.8 Å². The molecule has 4 atom stereocenters. The van der Waals surface area contributed by atoms with E-state index in [0.29, 0.717) is 17.9 Å². The second kappa shape index (κ2) is 9.69. The maximum atomic E-state index is 6.34. The lowest BCUT2D eigenvalue weighted by Crippen LogP contribution is -2.26. The minimum atomic E-state index is 0.340. The molecule has 28 heavy (non-hydrogen) atoms. The summed E-state index contributed by atoms with van der Waals surface area (Å²) >= 11 is 6.34. The quantitative estimate of drug-likeness (QED) is 0.572. The van der Waals surface area contributed by atoms with Crippen LogP contribution in [0.25, 0.3) is 0 Å². The van der Waals surface area contributed by atoms with Gasteiger partial charge in [0.15, 0.2) is 0 Å². The number of halogens is 1. The number of nitrogens with one attached hydrogen (secondary N) is 1.